The number of allylic oxidation sites excluding steroid dienone is 1. The topological polar surface area (TPSA) is 79.0 Å². The van der Waals surface area contributed by atoms with Gasteiger partial charge in [0.15, 0.2) is 11.6 Å². The van der Waals surface area contributed by atoms with E-state index in [2.05, 4.69) is 5.10 Å². The second-order valence-corrected chi connectivity index (χ2v) is 7.68. The van der Waals surface area contributed by atoms with Crippen molar-refractivity contribution in [1.29, 1.82) is 5.26 Å². The van der Waals surface area contributed by atoms with Crippen molar-refractivity contribution in [2.45, 2.75) is 19.3 Å². The third-order valence-corrected chi connectivity index (χ3v) is 5.66. The normalized spacial score (nSPS) is 23.6. The van der Waals surface area contributed by atoms with Gasteiger partial charge in [0.1, 0.15) is 11.5 Å². The fourth-order valence-corrected chi connectivity index (χ4v) is 4.27. The Morgan fingerprint density at radius 2 is 1.86 bits per heavy atom. The first-order valence-corrected chi connectivity index (χ1v) is 9.08. The molecule has 140 valence electrons. The van der Waals surface area contributed by atoms with Crippen LogP contribution in [0.3, 0.4) is 0 Å². The van der Waals surface area contributed by atoms with Crippen molar-refractivity contribution in [3.8, 4) is 6.07 Å². The molecule has 1 aliphatic heterocycles. The Hall–Kier alpha value is -3.46. The monoisotopic (exact) mass is 372 g/mol. The molecule has 0 N–H and O–H groups in total. The van der Waals surface area contributed by atoms with Gasteiger partial charge in [-0.1, -0.05) is 36.4 Å². The molecule has 1 aromatic carbocycles. The van der Waals surface area contributed by atoms with E-state index in [1.54, 1.807) is 48.8 Å². The van der Waals surface area contributed by atoms with Crippen molar-refractivity contribution in [2.75, 3.05) is 11.4 Å². The van der Waals surface area contributed by atoms with Crippen molar-refractivity contribution in [3.05, 3.63) is 71.5 Å². The van der Waals surface area contributed by atoms with Gasteiger partial charge in [-0.2, -0.15) is 10.4 Å². The van der Waals surface area contributed by atoms with Crippen LogP contribution >= 0.6 is 0 Å². The van der Waals surface area contributed by atoms with E-state index in [1.165, 1.54) is 0 Å². The van der Waals surface area contributed by atoms with Crippen LogP contribution in [-0.2, 0) is 22.1 Å². The maximum Gasteiger partial charge on any atom is 0.247 e. The molecule has 0 spiro atoms. The van der Waals surface area contributed by atoms with E-state index in [0.29, 0.717) is 17.9 Å². The lowest BCUT2D eigenvalue weighted by atomic mass is 9.56. The molecular weight excluding hydrogens is 352 g/mol. The Morgan fingerprint density at radius 3 is 2.46 bits per heavy atom. The first-order valence-electron chi connectivity index (χ1n) is 9.08. The van der Waals surface area contributed by atoms with Gasteiger partial charge in [-0.3, -0.25) is 19.2 Å². The molecule has 1 aromatic heterocycles. The molecule has 2 aliphatic rings. The van der Waals surface area contributed by atoms with Crippen LogP contribution < -0.4 is 4.90 Å². The summed E-state index contributed by atoms with van der Waals surface area (Å²) in [6, 6.07) is 13.1. The van der Waals surface area contributed by atoms with Gasteiger partial charge in [-0.05, 0) is 31.1 Å². The number of hydrogen-bond donors (Lipinski definition) is 0. The number of fused-ring (bicyclic) bond motifs is 1. The van der Waals surface area contributed by atoms with Gasteiger partial charge < -0.3 is 0 Å². The third kappa shape index (κ3) is 2.29. The minimum Gasteiger partial charge on any atom is -0.292 e. The summed E-state index contributed by atoms with van der Waals surface area (Å²) in [5, 5.41) is 14.0. The Kier molecular flexibility index (Phi) is 3.86. The summed E-state index contributed by atoms with van der Waals surface area (Å²) in [4.78, 5) is 28.4. The Balaban J connectivity index is 2.03. The number of amides is 1. The summed E-state index contributed by atoms with van der Waals surface area (Å²) < 4.78 is 1.64. The number of nitrogens with zero attached hydrogens (tertiary/aromatic N) is 4. The summed E-state index contributed by atoms with van der Waals surface area (Å²) in [5.41, 5.74) is -0.698. The maximum absolute atomic E-state index is 13.9. The highest BCUT2D eigenvalue weighted by molar-refractivity contribution is 6.14. The van der Waals surface area contributed by atoms with Crippen LogP contribution in [0.2, 0.25) is 0 Å². The summed E-state index contributed by atoms with van der Waals surface area (Å²) >= 11 is 0. The largest absolute Gasteiger partial charge is 0.292 e. The number of benzene rings is 1. The van der Waals surface area contributed by atoms with E-state index in [4.69, 9.17) is 0 Å². The highest BCUT2D eigenvalue weighted by Gasteiger charge is 2.57. The molecule has 0 bridgehead atoms. The first-order chi connectivity index (χ1) is 13.3. The summed E-state index contributed by atoms with van der Waals surface area (Å²) in [5.74, 6) is 0.0786. The Bertz CT molecular complexity index is 1090. The van der Waals surface area contributed by atoms with Gasteiger partial charge >= 0.3 is 0 Å². The highest BCUT2D eigenvalue weighted by atomic mass is 16.2. The van der Waals surface area contributed by atoms with E-state index in [9.17, 15) is 14.9 Å². The molecule has 6 nitrogen and oxygen atoms in total. The second kappa shape index (κ2) is 6.03. The zero-order valence-electron chi connectivity index (χ0n) is 16.0. The van der Waals surface area contributed by atoms with Crippen molar-refractivity contribution in [2.24, 2.45) is 12.5 Å². The number of hydrogen-bond acceptors (Lipinski definition) is 4. The highest BCUT2D eigenvalue weighted by Crippen LogP contribution is 2.52. The molecule has 28 heavy (non-hydrogen) atoms. The van der Waals surface area contributed by atoms with Gasteiger partial charge in [0.25, 0.3) is 0 Å². The van der Waals surface area contributed by atoms with Crippen LogP contribution in [0.25, 0.3) is 0 Å². The molecule has 0 fully saturated rings. The Morgan fingerprint density at radius 1 is 1.14 bits per heavy atom. The number of aryl methyl sites for hydroxylation is 1. The molecule has 0 unspecified atom stereocenters. The average Bonchev–Trinajstić information content (AvgIpc) is 3.12. The van der Waals surface area contributed by atoms with Crippen molar-refractivity contribution in [1.82, 2.24) is 9.78 Å². The van der Waals surface area contributed by atoms with Crippen molar-refractivity contribution in [3.63, 3.8) is 0 Å². The van der Waals surface area contributed by atoms with Crippen molar-refractivity contribution >= 4 is 17.5 Å². The van der Waals surface area contributed by atoms with Crippen LogP contribution in [0.15, 0.2) is 65.9 Å². The molecule has 4 rings (SSSR count). The number of Topliss-reactive ketones (excluding diaryl/α,β-unsaturated/α-hetero) is 1. The van der Waals surface area contributed by atoms with Crippen LogP contribution in [0.5, 0.6) is 0 Å². The minimum absolute atomic E-state index is 0.0159. The lowest BCUT2D eigenvalue weighted by molar-refractivity contribution is -0.125. The number of carbonyl (C=O) groups excluding carboxylic acids is 2. The molecule has 0 saturated carbocycles. The van der Waals surface area contributed by atoms with Gasteiger partial charge in [-0.15, -0.1) is 0 Å². The second-order valence-electron chi connectivity index (χ2n) is 7.68. The molecule has 2 aromatic rings. The van der Waals surface area contributed by atoms with E-state index in [1.807, 2.05) is 42.5 Å². The lowest BCUT2D eigenvalue weighted by Crippen LogP contribution is -2.57. The molecule has 2 heterocycles. The number of nitriles is 1. The molecular formula is C22H20N4O2. The van der Waals surface area contributed by atoms with Crippen molar-refractivity contribution < 1.29 is 9.59 Å². The van der Waals surface area contributed by atoms with Crippen LogP contribution in [0.1, 0.15) is 19.4 Å². The molecule has 1 aliphatic carbocycles. The van der Waals surface area contributed by atoms with Crippen LogP contribution in [-0.4, -0.2) is 28.0 Å². The van der Waals surface area contributed by atoms with Gasteiger partial charge in [-0.25, -0.2) is 0 Å². The molecule has 1 atom stereocenters. The predicted molar refractivity (Wildman–Crippen MR) is 104 cm³/mol. The zero-order chi connectivity index (χ0) is 20.1. The summed E-state index contributed by atoms with van der Waals surface area (Å²) in [6.45, 7) is 3.89. The van der Waals surface area contributed by atoms with Gasteiger partial charge in [0, 0.05) is 25.9 Å². The predicted octanol–water partition coefficient (Wildman–Crippen LogP) is 2.69. The van der Waals surface area contributed by atoms with Crippen LogP contribution in [0, 0.1) is 16.7 Å². The standard InChI is InChI=1S/C22H20N4O2/c1-21(2)17-9-12-26(18-10-11-25(3)24-18)20(28)22(17,13-15(14-23)19(21)27)16-7-5-4-6-8-16/h4-11,13H,12H2,1-3H3/t22-/m0/s1. The van der Waals surface area contributed by atoms with E-state index in [0.717, 1.165) is 5.56 Å². The summed E-state index contributed by atoms with van der Waals surface area (Å²) in [6.07, 6.45) is 5.26. The number of rotatable bonds is 2. The molecule has 0 saturated heterocycles. The maximum atomic E-state index is 13.9. The lowest BCUT2D eigenvalue weighted by Gasteiger charge is -2.47. The SMILES string of the molecule is Cn1ccc(N2CC=C3C(C)(C)C(=O)C(C#N)=C[C@@]3(c3ccccc3)C2=O)n1. The summed E-state index contributed by atoms with van der Waals surface area (Å²) in [7, 11) is 1.79. The minimum atomic E-state index is -1.21. The quantitative estimate of drug-likeness (QED) is 0.759. The number of ketones is 1. The van der Waals surface area contributed by atoms with E-state index >= 15 is 0 Å². The van der Waals surface area contributed by atoms with E-state index in [-0.39, 0.29) is 17.3 Å². The molecule has 6 heteroatoms. The third-order valence-electron chi connectivity index (χ3n) is 5.66. The number of carbonyl (C=O) groups is 2. The van der Waals surface area contributed by atoms with E-state index < -0.39 is 10.8 Å². The molecule has 1 amide bonds. The fourth-order valence-electron chi connectivity index (χ4n) is 4.27. The number of anilines is 1. The van der Waals surface area contributed by atoms with Crippen LogP contribution in [0.4, 0.5) is 5.82 Å². The average molecular weight is 372 g/mol. The Labute approximate surface area is 163 Å². The van der Waals surface area contributed by atoms with Gasteiger partial charge in [0.05, 0.1) is 11.0 Å². The smallest absolute Gasteiger partial charge is 0.247 e. The molecule has 0 radical (unpaired) electrons. The zero-order valence-corrected chi connectivity index (χ0v) is 16.0. The first kappa shape index (κ1) is 17.9. The number of aromatic nitrogens is 2. The fraction of sp³-hybridized carbons (Fsp3) is 0.273. The van der Waals surface area contributed by atoms with Gasteiger partial charge in [0.2, 0.25) is 5.91 Å².